The Hall–Kier alpha value is -0.170. The summed E-state index contributed by atoms with van der Waals surface area (Å²) in [7, 11) is -3.24. The van der Waals surface area contributed by atoms with Crippen LogP contribution in [0.25, 0.3) is 0 Å². The van der Waals surface area contributed by atoms with Gasteiger partial charge < -0.3 is 4.74 Å². The molecule has 0 saturated carbocycles. The Kier molecular flexibility index (Phi) is 4.18. The average molecular weight is 248 g/mol. The summed E-state index contributed by atoms with van der Waals surface area (Å²) < 4.78 is 33.3. The highest BCUT2D eigenvalue weighted by Crippen LogP contribution is 2.14. The second-order valence-corrected chi connectivity index (χ2v) is 6.30. The summed E-state index contributed by atoms with van der Waals surface area (Å²) in [6.45, 7) is 3.28. The van der Waals surface area contributed by atoms with E-state index in [1.807, 2.05) is 0 Å². The molecule has 0 aliphatic carbocycles. The Morgan fingerprint density at radius 3 is 2.62 bits per heavy atom. The fourth-order valence-corrected chi connectivity index (χ4v) is 3.53. The van der Waals surface area contributed by atoms with Gasteiger partial charge in [0.2, 0.25) is 0 Å². The van der Waals surface area contributed by atoms with Crippen molar-refractivity contribution in [2.45, 2.75) is 25.7 Å². The number of ether oxygens (including phenoxy) is 1. The molecule has 0 radical (unpaired) electrons. The SMILES string of the molecule is O=S(=O)(NCC1CCOC1)N1CCCCC1. The van der Waals surface area contributed by atoms with Gasteiger partial charge in [0.05, 0.1) is 6.61 Å². The van der Waals surface area contributed by atoms with Crippen molar-refractivity contribution in [1.82, 2.24) is 9.03 Å². The Labute approximate surface area is 97.3 Å². The lowest BCUT2D eigenvalue weighted by molar-refractivity contribution is 0.186. The molecule has 0 amide bonds. The van der Waals surface area contributed by atoms with Crippen LogP contribution in [0.5, 0.6) is 0 Å². The highest BCUT2D eigenvalue weighted by molar-refractivity contribution is 7.87. The first-order valence-electron chi connectivity index (χ1n) is 6.01. The minimum atomic E-state index is -3.24. The molecule has 2 aliphatic heterocycles. The lowest BCUT2D eigenvalue weighted by Gasteiger charge is -2.26. The third-order valence-corrected chi connectivity index (χ3v) is 4.81. The van der Waals surface area contributed by atoms with Crippen LogP contribution < -0.4 is 4.72 Å². The molecule has 2 fully saturated rings. The monoisotopic (exact) mass is 248 g/mol. The molecular formula is C10H20N2O3S. The number of nitrogens with zero attached hydrogens (tertiary/aromatic N) is 1. The zero-order valence-electron chi connectivity index (χ0n) is 9.52. The van der Waals surface area contributed by atoms with Gasteiger partial charge in [0, 0.05) is 26.2 Å². The maximum atomic E-state index is 11.9. The van der Waals surface area contributed by atoms with Crippen molar-refractivity contribution >= 4 is 10.2 Å². The van der Waals surface area contributed by atoms with Gasteiger partial charge in [-0.15, -0.1) is 0 Å². The van der Waals surface area contributed by atoms with Gasteiger partial charge in [-0.25, -0.2) is 4.72 Å². The molecule has 6 heteroatoms. The molecular weight excluding hydrogens is 228 g/mol. The second-order valence-electron chi connectivity index (χ2n) is 4.54. The molecule has 2 rings (SSSR count). The van der Waals surface area contributed by atoms with E-state index in [-0.39, 0.29) is 0 Å². The van der Waals surface area contributed by atoms with Crippen LogP contribution in [0.15, 0.2) is 0 Å². The van der Waals surface area contributed by atoms with Crippen LogP contribution >= 0.6 is 0 Å². The van der Waals surface area contributed by atoms with E-state index in [0.717, 1.165) is 32.3 Å². The first-order valence-corrected chi connectivity index (χ1v) is 7.45. The number of rotatable bonds is 4. The predicted octanol–water partition coefficient (Wildman–Crippen LogP) is 0.343. The molecule has 1 N–H and O–H groups in total. The molecule has 0 spiro atoms. The number of hydrogen-bond acceptors (Lipinski definition) is 3. The summed E-state index contributed by atoms with van der Waals surface area (Å²) in [5, 5.41) is 0. The van der Waals surface area contributed by atoms with Crippen LogP contribution in [0.1, 0.15) is 25.7 Å². The van der Waals surface area contributed by atoms with Gasteiger partial charge >= 0.3 is 0 Å². The van der Waals surface area contributed by atoms with Gasteiger partial charge in [0.1, 0.15) is 0 Å². The summed E-state index contributed by atoms with van der Waals surface area (Å²) >= 11 is 0. The van der Waals surface area contributed by atoms with E-state index in [2.05, 4.69) is 4.72 Å². The maximum Gasteiger partial charge on any atom is 0.279 e. The van der Waals surface area contributed by atoms with Crippen molar-refractivity contribution in [3.05, 3.63) is 0 Å². The molecule has 94 valence electrons. The Bertz CT molecular complexity index is 306. The van der Waals surface area contributed by atoms with Crippen molar-refractivity contribution in [2.24, 2.45) is 5.92 Å². The van der Waals surface area contributed by atoms with E-state index >= 15 is 0 Å². The summed E-state index contributed by atoms with van der Waals surface area (Å²) in [4.78, 5) is 0. The van der Waals surface area contributed by atoms with Gasteiger partial charge in [0.15, 0.2) is 0 Å². The van der Waals surface area contributed by atoms with Crippen molar-refractivity contribution in [3.8, 4) is 0 Å². The Balaban J connectivity index is 1.81. The van der Waals surface area contributed by atoms with Crippen molar-refractivity contribution in [3.63, 3.8) is 0 Å². The van der Waals surface area contributed by atoms with Crippen LogP contribution in [-0.2, 0) is 14.9 Å². The third kappa shape index (κ3) is 3.16. The topological polar surface area (TPSA) is 58.6 Å². The highest BCUT2D eigenvalue weighted by Gasteiger charge is 2.25. The minimum absolute atomic E-state index is 0.347. The molecule has 16 heavy (non-hydrogen) atoms. The molecule has 0 aromatic rings. The van der Waals surface area contributed by atoms with Crippen molar-refractivity contribution in [1.29, 1.82) is 0 Å². The lowest BCUT2D eigenvalue weighted by atomic mass is 10.1. The lowest BCUT2D eigenvalue weighted by Crippen LogP contribution is -2.44. The van der Waals surface area contributed by atoms with Gasteiger partial charge in [-0.05, 0) is 25.2 Å². The van der Waals surface area contributed by atoms with Crippen LogP contribution in [0.4, 0.5) is 0 Å². The largest absolute Gasteiger partial charge is 0.381 e. The van der Waals surface area contributed by atoms with Gasteiger partial charge in [0.25, 0.3) is 10.2 Å². The van der Waals surface area contributed by atoms with Crippen LogP contribution in [-0.4, -0.2) is 45.6 Å². The summed E-state index contributed by atoms with van der Waals surface area (Å²) in [5.41, 5.74) is 0. The number of nitrogens with one attached hydrogen (secondary N) is 1. The van der Waals surface area contributed by atoms with Crippen molar-refractivity contribution in [2.75, 3.05) is 32.8 Å². The van der Waals surface area contributed by atoms with Crippen molar-refractivity contribution < 1.29 is 13.2 Å². The molecule has 2 saturated heterocycles. The first-order chi connectivity index (χ1) is 7.68. The summed E-state index contributed by atoms with van der Waals surface area (Å²) in [6, 6.07) is 0. The van der Waals surface area contributed by atoms with E-state index < -0.39 is 10.2 Å². The number of hydrogen-bond donors (Lipinski definition) is 1. The van der Waals surface area contributed by atoms with Crippen LogP contribution in [0, 0.1) is 5.92 Å². The average Bonchev–Trinajstić information content (AvgIpc) is 2.81. The molecule has 0 aromatic carbocycles. The molecule has 5 nitrogen and oxygen atoms in total. The Morgan fingerprint density at radius 2 is 2.00 bits per heavy atom. The zero-order chi connectivity index (χ0) is 11.4. The van der Waals surface area contributed by atoms with E-state index in [4.69, 9.17) is 4.74 Å². The van der Waals surface area contributed by atoms with Crippen LogP contribution in [0.3, 0.4) is 0 Å². The van der Waals surface area contributed by atoms with Gasteiger partial charge in [-0.3, -0.25) is 0 Å². The fourth-order valence-electron chi connectivity index (χ4n) is 2.16. The van der Waals surface area contributed by atoms with E-state index in [1.54, 1.807) is 4.31 Å². The normalized spacial score (nSPS) is 28.4. The van der Waals surface area contributed by atoms with Crippen LogP contribution in [0.2, 0.25) is 0 Å². The second kappa shape index (κ2) is 5.44. The number of piperidine rings is 1. The molecule has 2 heterocycles. The standard InChI is InChI=1S/C10H20N2O3S/c13-16(14,12-5-2-1-3-6-12)11-8-10-4-7-15-9-10/h10-11H,1-9H2. The summed E-state index contributed by atoms with van der Waals surface area (Å²) in [6.07, 6.45) is 4.06. The Morgan fingerprint density at radius 1 is 1.25 bits per heavy atom. The maximum absolute atomic E-state index is 11.9. The van der Waals surface area contributed by atoms with Gasteiger partial charge in [-0.2, -0.15) is 12.7 Å². The molecule has 2 aliphatic rings. The predicted molar refractivity (Wildman–Crippen MR) is 61.3 cm³/mol. The van der Waals surface area contributed by atoms with E-state index in [0.29, 0.717) is 32.2 Å². The molecule has 0 aromatic heterocycles. The van der Waals surface area contributed by atoms with Gasteiger partial charge in [-0.1, -0.05) is 6.42 Å². The first kappa shape index (κ1) is 12.3. The smallest absolute Gasteiger partial charge is 0.279 e. The molecule has 1 unspecified atom stereocenters. The minimum Gasteiger partial charge on any atom is -0.381 e. The van der Waals surface area contributed by atoms with E-state index in [9.17, 15) is 8.42 Å². The zero-order valence-corrected chi connectivity index (χ0v) is 10.3. The fraction of sp³-hybridized carbons (Fsp3) is 1.00. The molecule has 1 atom stereocenters. The van der Waals surface area contributed by atoms with E-state index in [1.165, 1.54) is 0 Å². The highest BCUT2D eigenvalue weighted by atomic mass is 32.2. The summed E-state index contributed by atoms with van der Waals surface area (Å²) in [5.74, 6) is 0.347. The third-order valence-electron chi connectivity index (χ3n) is 3.23. The quantitative estimate of drug-likeness (QED) is 0.780. The molecule has 0 bridgehead atoms.